The third-order valence-corrected chi connectivity index (χ3v) is 6.24. The molecule has 0 aliphatic carbocycles. The first-order chi connectivity index (χ1) is 14.9. The number of likely N-dealkylation sites (N-methyl/N-ethyl adjacent to an activating group) is 1. The van der Waals surface area contributed by atoms with Crippen LogP contribution in [0.1, 0.15) is 16.1 Å². The molecule has 2 aromatic carbocycles. The number of carbonyl (C=O) groups excluding carboxylic acids is 2. The molecule has 8 heteroatoms. The maximum absolute atomic E-state index is 13.4. The molecular weight excluding hydrogens is 420 g/mol. The van der Waals surface area contributed by atoms with Crippen molar-refractivity contribution < 1.29 is 18.4 Å². The highest BCUT2D eigenvalue weighted by Crippen LogP contribution is 2.24. The second kappa shape index (κ2) is 8.85. The van der Waals surface area contributed by atoms with Gasteiger partial charge in [-0.2, -0.15) is 0 Å². The van der Waals surface area contributed by atoms with Gasteiger partial charge in [0.25, 0.3) is 5.91 Å². The Morgan fingerprint density at radius 1 is 1.06 bits per heavy atom. The summed E-state index contributed by atoms with van der Waals surface area (Å²) in [5, 5.41) is 4.70. The largest absolute Gasteiger partial charge is 0.336 e. The van der Waals surface area contributed by atoms with Crippen LogP contribution in [0.25, 0.3) is 11.1 Å². The van der Waals surface area contributed by atoms with Crippen molar-refractivity contribution in [2.45, 2.75) is 12.5 Å². The number of anilines is 1. The Hall–Kier alpha value is -3.26. The third-order valence-electron chi connectivity index (χ3n) is 5.38. The standard InChI is InChI=1S/C23H21F2N3O2S/c1-27(20-8-9-28(14-20)22(29)21-3-2-10-31-21)23(30)26-19-6-4-15(5-7-19)16-11-17(24)13-18(25)12-16/h2-7,10-13,20H,8-9,14H2,1H3,(H,26,30)/t20-/m0/s1. The van der Waals surface area contributed by atoms with E-state index in [0.29, 0.717) is 41.2 Å². The Labute approximate surface area is 182 Å². The molecule has 1 aliphatic heterocycles. The number of hydrogen-bond donors (Lipinski definition) is 1. The van der Waals surface area contributed by atoms with E-state index in [4.69, 9.17) is 0 Å². The van der Waals surface area contributed by atoms with Gasteiger partial charge in [-0.15, -0.1) is 11.3 Å². The quantitative estimate of drug-likeness (QED) is 0.615. The first kappa shape index (κ1) is 21.0. The average molecular weight is 442 g/mol. The van der Waals surface area contributed by atoms with Crippen molar-refractivity contribution in [2.24, 2.45) is 0 Å². The number of benzene rings is 2. The fourth-order valence-corrected chi connectivity index (χ4v) is 4.33. The Morgan fingerprint density at radius 3 is 2.42 bits per heavy atom. The molecule has 1 fully saturated rings. The van der Waals surface area contributed by atoms with Crippen molar-refractivity contribution in [3.63, 3.8) is 0 Å². The third kappa shape index (κ3) is 4.74. The highest BCUT2D eigenvalue weighted by atomic mass is 32.1. The zero-order chi connectivity index (χ0) is 22.0. The van der Waals surface area contributed by atoms with Gasteiger partial charge in [-0.3, -0.25) is 4.79 Å². The highest BCUT2D eigenvalue weighted by molar-refractivity contribution is 7.12. The van der Waals surface area contributed by atoms with Crippen LogP contribution in [0, 0.1) is 11.6 Å². The summed E-state index contributed by atoms with van der Waals surface area (Å²) in [7, 11) is 1.71. The van der Waals surface area contributed by atoms with Crippen LogP contribution >= 0.6 is 11.3 Å². The molecule has 1 N–H and O–H groups in total. The van der Waals surface area contributed by atoms with Crippen LogP contribution in [0.15, 0.2) is 60.0 Å². The molecule has 2 heterocycles. The van der Waals surface area contributed by atoms with Gasteiger partial charge in [0.15, 0.2) is 0 Å². The number of nitrogens with zero attached hydrogens (tertiary/aromatic N) is 2. The summed E-state index contributed by atoms with van der Waals surface area (Å²) < 4.78 is 26.9. The molecular formula is C23H21F2N3O2S. The van der Waals surface area contributed by atoms with Crippen molar-refractivity contribution in [3.05, 3.63) is 76.5 Å². The van der Waals surface area contributed by atoms with Crippen LogP contribution < -0.4 is 5.32 Å². The molecule has 1 aromatic heterocycles. The van der Waals surface area contributed by atoms with Gasteiger partial charge in [0.2, 0.25) is 0 Å². The molecule has 5 nitrogen and oxygen atoms in total. The van der Waals surface area contributed by atoms with Gasteiger partial charge in [-0.05, 0) is 53.3 Å². The molecule has 1 aliphatic rings. The summed E-state index contributed by atoms with van der Waals surface area (Å²) in [5.74, 6) is -1.29. The van der Waals surface area contributed by atoms with Crippen LogP contribution in [-0.4, -0.2) is 47.9 Å². The van der Waals surface area contributed by atoms with Crippen molar-refractivity contribution in [2.75, 3.05) is 25.5 Å². The number of likely N-dealkylation sites (tertiary alicyclic amines) is 1. The number of carbonyl (C=O) groups is 2. The van der Waals surface area contributed by atoms with E-state index >= 15 is 0 Å². The molecule has 1 atom stereocenters. The van der Waals surface area contributed by atoms with E-state index in [1.54, 1.807) is 47.2 Å². The van der Waals surface area contributed by atoms with E-state index in [0.717, 1.165) is 6.07 Å². The summed E-state index contributed by atoms with van der Waals surface area (Å²) >= 11 is 1.41. The molecule has 3 amide bonds. The molecule has 3 aromatic rings. The lowest BCUT2D eigenvalue weighted by Crippen LogP contribution is -2.42. The van der Waals surface area contributed by atoms with Crippen molar-refractivity contribution in [1.82, 2.24) is 9.80 Å². The highest BCUT2D eigenvalue weighted by Gasteiger charge is 2.31. The van der Waals surface area contributed by atoms with Crippen LogP contribution in [0.5, 0.6) is 0 Å². The lowest BCUT2D eigenvalue weighted by Gasteiger charge is -2.25. The van der Waals surface area contributed by atoms with Gasteiger partial charge in [-0.25, -0.2) is 13.6 Å². The minimum atomic E-state index is -0.642. The van der Waals surface area contributed by atoms with Gasteiger partial charge in [-0.1, -0.05) is 18.2 Å². The maximum atomic E-state index is 13.4. The monoisotopic (exact) mass is 441 g/mol. The second-order valence-corrected chi connectivity index (χ2v) is 8.40. The van der Waals surface area contributed by atoms with Crippen molar-refractivity contribution in [1.29, 1.82) is 0 Å². The first-order valence-corrected chi connectivity index (χ1v) is 10.7. The Kier molecular flexibility index (Phi) is 5.99. The summed E-state index contributed by atoms with van der Waals surface area (Å²) in [4.78, 5) is 29.2. The summed E-state index contributed by atoms with van der Waals surface area (Å²) in [6.45, 7) is 1.10. The van der Waals surface area contributed by atoms with E-state index in [-0.39, 0.29) is 18.0 Å². The summed E-state index contributed by atoms with van der Waals surface area (Å²) in [6.07, 6.45) is 0.713. The summed E-state index contributed by atoms with van der Waals surface area (Å²) in [5.41, 5.74) is 1.64. The Morgan fingerprint density at radius 2 is 1.77 bits per heavy atom. The molecule has 160 valence electrons. The number of halogens is 2. The number of urea groups is 1. The van der Waals surface area contributed by atoms with Gasteiger partial charge in [0, 0.05) is 31.9 Å². The molecule has 0 spiro atoms. The van der Waals surface area contributed by atoms with Gasteiger partial charge in [0.1, 0.15) is 11.6 Å². The van der Waals surface area contributed by atoms with Crippen LogP contribution in [0.2, 0.25) is 0 Å². The fraction of sp³-hybridized carbons (Fsp3) is 0.217. The molecule has 4 rings (SSSR count). The predicted molar refractivity (Wildman–Crippen MR) is 117 cm³/mol. The molecule has 0 bridgehead atoms. The first-order valence-electron chi connectivity index (χ1n) is 9.84. The van der Waals surface area contributed by atoms with Crippen LogP contribution in [0.3, 0.4) is 0 Å². The number of rotatable bonds is 4. The maximum Gasteiger partial charge on any atom is 0.321 e. The minimum Gasteiger partial charge on any atom is -0.336 e. The number of amides is 3. The van der Waals surface area contributed by atoms with Crippen molar-refractivity contribution in [3.8, 4) is 11.1 Å². The molecule has 0 saturated carbocycles. The lowest BCUT2D eigenvalue weighted by atomic mass is 10.1. The van der Waals surface area contributed by atoms with Gasteiger partial charge >= 0.3 is 6.03 Å². The molecule has 31 heavy (non-hydrogen) atoms. The van der Waals surface area contributed by atoms with Gasteiger partial charge in [0.05, 0.1) is 10.9 Å². The van der Waals surface area contributed by atoms with Gasteiger partial charge < -0.3 is 15.1 Å². The van der Waals surface area contributed by atoms with E-state index in [9.17, 15) is 18.4 Å². The van der Waals surface area contributed by atoms with Crippen LogP contribution in [-0.2, 0) is 0 Å². The second-order valence-electron chi connectivity index (χ2n) is 7.45. The van der Waals surface area contributed by atoms with E-state index in [1.165, 1.54) is 23.5 Å². The molecule has 0 radical (unpaired) electrons. The SMILES string of the molecule is CN(C(=O)Nc1ccc(-c2cc(F)cc(F)c2)cc1)[C@H]1CCN(C(=O)c2cccs2)C1. The topological polar surface area (TPSA) is 52.7 Å². The number of nitrogens with one attached hydrogen (secondary N) is 1. The summed E-state index contributed by atoms with van der Waals surface area (Å²) in [6, 6.07) is 13.4. The zero-order valence-electron chi connectivity index (χ0n) is 16.8. The molecule has 1 saturated heterocycles. The minimum absolute atomic E-state index is 0.00400. The lowest BCUT2D eigenvalue weighted by molar-refractivity contribution is 0.0788. The van der Waals surface area contributed by atoms with E-state index in [2.05, 4.69) is 5.32 Å². The van der Waals surface area contributed by atoms with E-state index in [1.807, 2.05) is 11.4 Å². The smallest absolute Gasteiger partial charge is 0.321 e. The normalized spacial score (nSPS) is 15.7. The molecule has 0 unspecified atom stereocenters. The predicted octanol–water partition coefficient (Wildman–Crippen LogP) is 5.07. The number of hydrogen-bond acceptors (Lipinski definition) is 3. The average Bonchev–Trinajstić information content (AvgIpc) is 3.45. The Bertz CT molecular complexity index is 1070. The number of thiophene rings is 1. The van der Waals surface area contributed by atoms with Crippen molar-refractivity contribution >= 4 is 29.0 Å². The zero-order valence-corrected chi connectivity index (χ0v) is 17.7. The Balaban J connectivity index is 1.36. The van der Waals surface area contributed by atoms with E-state index < -0.39 is 11.6 Å². The van der Waals surface area contributed by atoms with Crippen LogP contribution in [0.4, 0.5) is 19.3 Å². The fourth-order valence-electron chi connectivity index (χ4n) is 3.64.